The minimum Gasteiger partial charge on any atom is -0.384 e. The third-order valence-corrected chi connectivity index (χ3v) is 3.70. The second-order valence-corrected chi connectivity index (χ2v) is 5.67. The number of benzene rings is 1. The van der Waals surface area contributed by atoms with Crippen LogP contribution in [0.2, 0.25) is 0 Å². The first-order chi connectivity index (χ1) is 7.75. The van der Waals surface area contributed by atoms with E-state index >= 15 is 0 Å². The SMILES string of the molecule is Cc1cc(I)ccc1NCC1CCCOC1. The summed E-state index contributed by atoms with van der Waals surface area (Å²) in [6.45, 7) is 5.04. The van der Waals surface area contributed by atoms with Crippen LogP contribution in [0.5, 0.6) is 0 Å². The molecular weight excluding hydrogens is 313 g/mol. The third kappa shape index (κ3) is 3.35. The van der Waals surface area contributed by atoms with Crippen molar-refractivity contribution in [3.63, 3.8) is 0 Å². The van der Waals surface area contributed by atoms with Gasteiger partial charge in [-0.25, -0.2) is 0 Å². The molecule has 1 fully saturated rings. The first-order valence-electron chi connectivity index (χ1n) is 5.83. The van der Waals surface area contributed by atoms with Gasteiger partial charge in [-0.2, -0.15) is 0 Å². The molecule has 3 heteroatoms. The lowest BCUT2D eigenvalue weighted by molar-refractivity contribution is 0.0595. The molecule has 2 nitrogen and oxygen atoms in total. The molecule has 1 atom stereocenters. The summed E-state index contributed by atoms with van der Waals surface area (Å²) >= 11 is 2.35. The van der Waals surface area contributed by atoms with Crippen LogP contribution < -0.4 is 5.32 Å². The van der Waals surface area contributed by atoms with Crippen LogP contribution in [0.4, 0.5) is 5.69 Å². The Bertz CT molecular complexity index is 348. The summed E-state index contributed by atoms with van der Waals surface area (Å²) in [6, 6.07) is 6.52. The fourth-order valence-electron chi connectivity index (χ4n) is 2.05. The van der Waals surface area contributed by atoms with E-state index in [1.807, 2.05) is 0 Å². The summed E-state index contributed by atoms with van der Waals surface area (Å²) in [6.07, 6.45) is 2.49. The van der Waals surface area contributed by atoms with Gasteiger partial charge in [-0.3, -0.25) is 0 Å². The van der Waals surface area contributed by atoms with E-state index in [0.29, 0.717) is 5.92 Å². The number of hydrogen-bond acceptors (Lipinski definition) is 2. The lowest BCUT2D eigenvalue weighted by Gasteiger charge is -2.23. The molecule has 0 spiro atoms. The van der Waals surface area contributed by atoms with Gasteiger partial charge in [0.15, 0.2) is 0 Å². The monoisotopic (exact) mass is 331 g/mol. The fourth-order valence-corrected chi connectivity index (χ4v) is 2.70. The predicted octanol–water partition coefficient (Wildman–Crippen LogP) is 3.44. The van der Waals surface area contributed by atoms with Crippen LogP contribution in [-0.4, -0.2) is 19.8 Å². The molecule has 1 N–H and O–H groups in total. The summed E-state index contributed by atoms with van der Waals surface area (Å²) in [5.74, 6) is 0.674. The molecule has 1 aliphatic heterocycles. The van der Waals surface area contributed by atoms with E-state index in [-0.39, 0.29) is 0 Å². The van der Waals surface area contributed by atoms with Crippen molar-refractivity contribution < 1.29 is 4.74 Å². The Morgan fingerprint density at radius 3 is 3.06 bits per heavy atom. The molecule has 0 bridgehead atoms. The van der Waals surface area contributed by atoms with Gasteiger partial charge < -0.3 is 10.1 Å². The van der Waals surface area contributed by atoms with Crippen molar-refractivity contribution in [3.05, 3.63) is 27.3 Å². The number of anilines is 1. The molecule has 1 heterocycles. The van der Waals surface area contributed by atoms with Crippen LogP contribution >= 0.6 is 22.6 Å². The maximum atomic E-state index is 5.48. The van der Waals surface area contributed by atoms with Gasteiger partial charge in [-0.05, 0) is 72.0 Å². The smallest absolute Gasteiger partial charge is 0.0511 e. The molecule has 1 aromatic carbocycles. The average Bonchev–Trinajstić information content (AvgIpc) is 2.29. The molecule has 1 saturated heterocycles. The predicted molar refractivity (Wildman–Crippen MR) is 75.9 cm³/mol. The summed E-state index contributed by atoms with van der Waals surface area (Å²) in [5.41, 5.74) is 2.58. The van der Waals surface area contributed by atoms with Gasteiger partial charge in [-0.1, -0.05) is 0 Å². The van der Waals surface area contributed by atoms with Crippen molar-refractivity contribution >= 4 is 28.3 Å². The van der Waals surface area contributed by atoms with E-state index in [9.17, 15) is 0 Å². The van der Waals surface area contributed by atoms with Crippen molar-refractivity contribution in [1.29, 1.82) is 0 Å². The summed E-state index contributed by atoms with van der Waals surface area (Å²) in [7, 11) is 0. The van der Waals surface area contributed by atoms with E-state index in [4.69, 9.17) is 4.74 Å². The van der Waals surface area contributed by atoms with Gasteiger partial charge in [-0.15, -0.1) is 0 Å². The number of hydrogen-bond donors (Lipinski definition) is 1. The Morgan fingerprint density at radius 2 is 2.38 bits per heavy atom. The zero-order valence-electron chi connectivity index (χ0n) is 9.63. The first kappa shape index (κ1) is 12.2. The van der Waals surface area contributed by atoms with Crippen LogP contribution in [0, 0.1) is 16.4 Å². The van der Waals surface area contributed by atoms with Gasteiger partial charge >= 0.3 is 0 Å². The lowest BCUT2D eigenvalue weighted by Crippen LogP contribution is -2.24. The highest BCUT2D eigenvalue weighted by atomic mass is 127. The van der Waals surface area contributed by atoms with Crippen molar-refractivity contribution in [2.24, 2.45) is 5.92 Å². The molecule has 0 amide bonds. The Balaban J connectivity index is 1.88. The number of halogens is 1. The molecule has 1 unspecified atom stereocenters. The second-order valence-electron chi connectivity index (χ2n) is 4.42. The minimum atomic E-state index is 0.674. The number of nitrogens with one attached hydrogen (secondary N) is 1. The van der Waals surface area contributed by atoms with Crippen LogP contribution in [0.15, 0.2) is 18.2 Å². The minimum absolute atomic E-state index is 0.674. The highest BCUT2D eigenvalue weighted by Crippen LogP contribution is 2.19. The highest BCUT2D eigenvalue weighted by molar-refractivity contribution is 14.1. The van der Waals surface area contributed by atoms with E-state index in [1.54, 1.807) is 0 Å². The van der Waals surface area contributed by atoms with Crippen molar-refractivity contribution in [2.45, 2.75) is 19.8 Å². The molecule has 0 aromatic heterocycles. The topological polar surface area (TPSA) is 21.3 Å². The zero-order valence-corrected chi connectivity index (χ0v) is 11.8. The maximum Gasteiger partial charge on any atom is 0.0511 e. The Kier molecular flexibility index (Phi) is 4.46. The van der Waals surface area contributed by atoms with Crippen molar-refractivity contribution in [2.75, 3.05) is 25.1 Å². The molecule has 0 radical (unpaired) electrons. The summed E-state index contributed by atoms with van der Waals surface area (Å²) < 4.78 is 6.77. The van der Waals surface area contributed by atoms with Gasteiger partial charge in [0.1, 0.15) is 0 Å². The van der Waals surface area contributed by atoms with E-state index < -0.39 is 0 Å². The van der Waals surface area contributed by atoms with E-state index in [2.05, 4.69) is 53.0 Å². The number of ether oxygens (including phenoxy) is 1. The molecule has 0 saturated carbocycles. The van der Waals surface area contributed by atoms with Crippen molar-refractivity contribution in [1.82, 2.24) is 0 Å². The molecule has 0 aliphatic carbocycles. The molecule has 88 valence electrons. The van der Waals surface area contributed by atoms with E-state index in [1.165, 1.54) is 27.7 Å². The largest absolute Gasteiger partial charge is 0.384 e. The van der Waals surface area contributed by atoms with Crippen LogP contribution in [0.25, 0.3) is 0 Å². The molecule has 1 aromatic rings. The fraction of sp³-hybridized carbons (Fsp3) is 0.538. The van der Waals surface area contributed by atoms with Gasteiger partial charge in [0.05, 0.1) is 6.61 Å². The Hall–Kier alpha value is -0.290. The Morgan fingerprint density at radius 1 is 1.50 bits per heavy atom. The first-order valence-corrected chi connectivity index (χ1v) is 6.91. The van der Waals surface area contributed by atoms with Crippen LogP contribution in [0.3, 0.4) is 0 Å². The standard InChI is InChI=1S/C13H18INO/c1-10-7-12(14)4-5-13(10)15-8-11-3-2-6-16-9-11/h4-5,7,11,15H,2-3,6,8-9H2,1H3. The van der Waals surface area contributed by atoms with Crippen LogP contribution in [0.1, 0.15) is 18.4 Å². The van der Waals surface area contributed by atoms with E-state index in [0.717, 1.165) is 19.8 Å². The zero-order chi connectivity index (χ0) is 11.4. The number of aryl methyl sites for hydroxylation is 1. The summed E-state index contributed by atoms with van der Waals surface area (Å²) in [5, 5.41) is 3.53. The lowest BCUT2D eigenvalue weighted by atomic mass is 10.0. The highest BCUT2D eigenvalue weighted by Gasteiger charge is 2.13. The Labute approximate surface area is 111 Å². The average molecular weight is 331 g/mol. The quantitative estimate of drug-likeness (QED) is 0.857. The summed E-state index contributed by atoms with van der Waals surface area (Å²) in [4.78, 5) is 0. The molecular formula is C13H18INO. The molecule has 16 heavy (non-hydrogen) atoms. The third-order valence-electron chi connectivity index (χ3n) is 3.02. The van der Waals surface area contributed by atoms with Crippen LogP contribution in [-0.2, 0) is 4.74 Å². The van der Waals surface area contributed by atoms with Gasteiger partial charge in [0, 0.05) is 22.4 Å². The second kappa shape index (κ2) is 5.87. The van der Waals surface area contributed by atoms with Gasteiger partial charge in [0.25, 0.3) is 0 Å². The van der Waals surface area contributed by atoms with Crippen molar-refractivity contribution in [3.8, 4) is 0 Å². The maximum absolute atomic E-state index is 5.48. The number of rotatable bonds is 3. The molecule has 1 aliphatic rings. The normalized spacial score (nSPS) is 20.8. The molecule has 2 rings (SSSR count). The van der Waals surface area contributed by atoms with Gasteiger partial charge in [0.2, 0.25) is 0 Å².